The van der Waals surface area contributed by atoms with Gasteiger partial charge in [0.15, 0.2) is 6.04 Å². The maximum atomic E-state index is 12.5. The van der Waals surface area contributed by atoms with E-state index in [1.807, 2.05) is 0 Å². The summed E-state index contributed by atoms with van der Waals surface area (Å²) in [6.07, 6.45) is 0. The number of nitrogens with one attached hydrogen (secondary N) is 2. The van der Waals surface area contributed by atoms with Crippen LogP contribution in [0.3, 0.4) is 0 Å². The van der Waals surface area contributed by atoms with Crippen molar-refractivity contribution in [3.8, 4) is 5.75 Å². The van der Waals surface area contributed by atoms with Gasteiger partial charge in [0.1, 0.15) is 5.75 Å². The second-order valence-corrected chi connectivity index (χ2v) is 5.29. The van der Waals surface area contributed by atoms with Crippen LogP contribution in [0.4, 0.5) is 5.69 Å². The Morgan fingerprint density at radius 3 is 2.33 bits per heavy atom. The van der Waals surface area contributed by atoms with E-state index in [0.29, 0.717) is 37.7 Å². The first-order valence-electron chi connectivity index (χ1n) is 7.60. The van der Waals surface area contributed by atoms with Gasteiger partial charge in [0, 0.05) is 25.7 Å². The fourth-order valence-electron chi connectivity index (χ4n) is 2.30. The predicted octanol–water partition coefficient (Wildman–Crippen LogP) is -0.00280. The third-order valence-electron chi connectivity index (χ3n) is 3.54. The summed E-state index contributed by atoms with van der Waals surface area (Å²) < 4.78 is 10.2. The normalized spacial score (nSPS) is 15.3. The van der Waals surface area contributed by atoms with E-state index in [0.717, 1.165) is 0 Å². The molecule has 130 valence electrons. The number of nitrogens with zero attached hydrogens (tertiary/aromatic N) is 1. The van der Waals surface area contributed by atoms with Crippen molar-refractivity contribution in [2.45, 2.75) is 13.0 Å². The number of morpholine rings is 1. The molecular weight excluding hydrogens is 314 g/mol. The summed E-state index contributed by atoms with van der Waals surface area (Å²) in [6.45, 7) is 2.88. The highest BCUT2D eigenvalue weighted by Crippen LogP contribution is 2.15. The number of benzene rings is 1. The first kappa shape index (κ1) is 17.7. The highest BCUT2D eigenvalue weighted by atomic mass is 16.5. The van der Waals surface area contributed by atoms with Crippen LogP contribution < -0.4 is 15.4 Å². The Morgan fingerprint density at radius 1 is 1.17 bits per heavy atom. The molecule has 1 aromatic rings. The van der Waals surface area contributed by atoms with Gasteiger partial charge in [-0.25, -0.2) is 0 Å². The second kappa shape index (κ2) is 8.30. The highest BCUT2D eigenvalue weighted by molar-refractivity contribution is 6.11. The van der Waals surface area contributed by atoms with Crippen LogP contribution in [-0.2, 0) is 19.1 Å². The Kier molecular flexibility index (Phi) is 6.14. The number of carbonyl (C=O) groups excluding carboxylic acids is 3. The quantitative estimate of drug-likeness (QED) is 0.738. The number of ether oxygens (including phenoxy) is 2. The van der Waals surface area contributed by atoms with Gasteiger partial charge in [0.05, 0.1) is 20.3 Å². The third kappa shape index (κ3) is 4.69. The van der Waals surface area contributed by atoms with Crippen LogP contribution in [0.5, 0.6) is 5.75 Å². The van der Waals surface area contributed by atoms with Crippen molar-refractivity contribution in [1.82, 2.24) is 10.2 Å². The molecule has 0 aromatic heterocycles. The highest BCUT2D eigenvalue weighted by Gasteiger charge is 2.32. The van der Waals surface area contributed by atoms with E-state index >= 15 is 0 Å². The van der Waals surface area contributed by atoms with Crippen LogP contribution >= 0.6 is 0 Å². The molecule has 1 saturated heterocycles. The van der Waals surface area contributed by atoms with E-state index in [1.165, 1.54) is 11.8 Å². The van der Waals surface area contributed by atoms with E-state index in [9.17, 15) is 14.4 Å². The monoisotopic (exact) mass is 335 g/mol. The number of anilines is 1. The Hall–Kier alpha value is -2.61. The van der Waals surface area contributed by atoms with Crippen molar-refractivity contribution in [2.75, 3.05) is 38.7 Å². The molecule has 0 saturated carbocycles. The molecule has 0 bridgehead atoms. The Labute approximate surface area is 140 Å². The van der Waals surface area contributed by atoms with Crippen molar-refractivity contribution < 1.29 is 23.9 Å². The molecule has 0 spiro atoms. The molecule has 0 radical (unpaired) electrons. The lowest BCUT2D eigenvalue weighted by molar-refractivity contribution is -0.143. The topological polar surface area (TPSA) is 97.0 Å². The van der Waals surface area contributed by atoms with Gasteiger partial charge >= 0.3 is 0 Å². The molecule has 1 fully saturated rings. The maximum Gasteiger partial charge on any atom is 0.256 e. The molecule has 3 amide bonds. The fourth-order valence-corrected chi connectivity index (χ4v) is 2.30. The molecule has 1 atom stereocenters. The fraction of sp³-hybridized carbons (Fsp3) is 0.438. The number of amides is 3. The van der Waals surface area contributed by atoms with Gasteiger partial charge in [0.2, 0.25) is 5.91 Å². The van der Waals surface area contributed by atoms with Gasteiger partial charge in [-0.05, 0) is 24.3 Å². The van der Waals surface area contributed by atoms with Crippen molar-refractivity contribution in [3.63, 3.8) is 0 Å². The molecule has 8 nitrogen and oxygen atoms in total. The second-order valence-electron chi connectivity index (χ2n) is 5.29. The molecule has 1 aromatic carbocycles. The molecule has 8 heteroatoms. The number of carbonyl (C=O) groups is 3. The van der Waals surface area contributed by atoms with Crippen molar-refractivity contribution in [2.24, 2.45) is 0 Å². The van der Waals surface area contributed by atoms with Gasteiger partial charge in [-0.1, -0.05) is 0 Å². The molecule has 2 N–H and O–H groups in total. The largest absolute Gasteiger partial charge is 0.497 e. The van der Waals surface area contributed by atoms with Gasteiger partial charge in [0.25, 0.3) is 11.8 Å². The predicted molar refractivity (Wildman–Crippen MR) is 86.6 cm³/mol. The lowest BCUT2D eigenvalue weighted by Gasteiger charge is -2.30. The molecule has 1 aliphatic rings. The Bertz CT molecular complexity index is 596. The van der Waals surface area contributed by atoms with E-state index in [2.05, 4.69) is 10.6 Å². The summed E-state index contributed by atoms with van der Waals surface area (Å²) in [4.78, 5) is 37.9. The van der Waals surface area contributed by atoms with Crippen LogP contribution in [-0.4, -0.2) is 62.1 Å². The van der Waals surface area contributed by atoms with Crippen LogP contribution in [0.25, 0.3) is 0 Å². The number of hydrogen-bond acceptors (Lipinski definition) is 5. The van der Waals surface area contributed by atoms with E-state index in [4.69, 9.17) is 9.47 Å². The Balaban J connectivity index is 2.08. The zero-order valence-corrected chi connectivity index (χ0v) is 13.7. The minimum atomic E-state index is -1.28. The summed E-state index contributed by atoms with van der Waals surface area (Å²) >= 11 is 0. The number of methoxy groups -OCH3 is 1. The van der Waals surface area contributed by atoms with Gasteiger partial charge in [-0.3, -0.25) is 14.4 Å². The lowest BCUT2D eigenvalue weighted by atomic mass is 10.2. The summed E-state index contributed by atoms with van der Waals surface area (Å²) in [7, 11) is 1.54. The first-order valence-corrected chi connectivity index (χ1v) is 7.60. The van der Waals surface area contributed by atoms with Gasteiger partial charge < -0.3 is 25.0 Å². The molecule has 1 unspecified atom stereocenters. The lowest BCUT2D eigenvalue weighted by Crippen LogP contribution is -2.56. The van der Waals surface area contributed by atoms with Crippen LogP contribution in [0.1, 0.15) is 6.92 Å². The molecule has 1 aliphatic heterocycles. The zero-order chi connectivity index (χ0) is 17.5. The number of hydrogen-bond donors (Lipinski definition) is 2. The van der Waals surface area contributed by atoms with Crippen molar-refractivity contribution >= 4 is 23.4 Å². The average molecular weight is 335 g/mol. The zero-order valence-electron chi connectivity index (χ0n) is 13.7. The van der Waals surface area contributed by atoms with E-state index in [1.54, 1.807) is 31.4 Å². The van der Waals surface area contributed by atoms with E-state index in [-0.39, 0.29) is 0 Å². The molecule has 0 aliphatic carbocycles. The summed E-state index contributed by atoms with van der Waals surface area (Å²) in [5.41, 5.74) is 0.505. The standard InChI is InChI=1S/C16H21N3O5/c1-11(20)17-14(16(22)19-7-9-24-10-8-19)15(21)18-12-3-5-13(23-2)6-4-12/h3-6,14H,7-10H2,1-2H3,(H,17,20)(H,18,21). The molecule has 2 rings (SSSR count). The Morgan fingerprint density at radius 2 is 1.79 bits per heavy atom. The summed E-state index contributed by atoms with van der Waals surface area (Å²) in [5, 5.41) is 5.04. The third-order valence-corrected chi connectivity index (χ3v) is 3.54. The van der Waals surface area contributed by atoms with Crippen molar-refractivity contribution in [1.29, 1.82) is 0 Å². The van der Waals surface area contributed by atoms with Crippen LogP contribution in [0.2, 0.25) is 0 Å². The van der Waals surface area contributed by atoms with Gasteiger partial charge in [-0.15, -0.1) is 0 Å². The van der Waals surface area contributed by atoms with Crippen molar-refractivity contribution in [3.05, 3.63) is 24.3 Å². The molecule has 1 heterocycles. The maximum absolute atomic E-state index is 12.5. The molecular formula is C16H21N3O5. The summed E-state index contributed by atoms with van der Waals surface area (Å²) in [6, 6.07) is 5.41. The summed E-state index contributed by atoms with van der Waals surface area (Å²) in [5.74, 6) is -0.839. The number of rotatable bonds is 5. The average Bonchev–Trinajstić information content (AvgIpc) is 2.60. The van der Waals surface area contributed by atoms with Crippen LogP contribution in [0, 0.1) is 0 Å². The smallest absolute Gasteiger partial charge is 0.256 e. The minimum absolute atomic E-state index is 0.394. The van der Waals surface area contributed by atoms with Crippen LogP contribution in [0.15, 0.2) is 24.3 Å². The molecule has 24 heavy (non-hydrogen) atoms. The first-order chi connectivity index (χ1) is 11.5. The SMILES string of the molecule is COc1ccc(NC(=O)C(NC(C)=O)C(=O)N2CCOCC2)cc1. The van der Waals surface area contributed by atoms with Gasteiger partial charge in [-0.2, -0.15) is 0 Å². The minimum Gasteiger partial charge on any atom is -0.497 e. The van der Waals surface area contributed by atoms with E-state index < -0.39 is 23.8 Å².